The van der Waals surface area contributed by atoms with E-state index < -0.39 is 4.92 Å². The van der Waals surface area contributed by atoms with Crippen LogP contribution in [0, 0.1) is 10.1 Å². The number of amides is 1. The smallest absolute Gasteiger partial charge is 0.293 e. The topological polar surface area (TPSA) is 102 Å². The number of likely N-dealkylation sites (tertiary alicyclic amines) is 1. The summed E-state index contributed by atoms with van der Waals surface area (Å²) >= 11 is 0. The molecule has 0 unspecified atom stereocenters. The third-order valence-corrected chi connectivity index (χ3v) is 4.21. The second kappa shape index (κ2) is 7.14. The molecule has 1 amide bonds. The minimum absolute atomic E-state index is 0. The van der Waals surface area contributed by atoms with E-state index in [9.17, 15) is 14.9 Å². The van der Waals surface area contributed by atoms with Crippen molar-refractivity contribution in [2.75, 3.05) is 18.4 Å². The number of halogens is 1. The highest BCUT2D eigenvalue weighted by atomic mass is 35.5. The molecule has 1 aliphatic heterocycles. The van der Waals surface area contributed by atoms with Crippen molar-refractivity contribution in [1.29, 1.82) is 0 Å². The molecule has 1 saturated carbocycles. The number of rotatable bonds is 4. The highest BCUT2D eigenvalue weighted by Crippen LogP contribution is 2.32. The zero-order chi connectivity index (χ0) is 15.7. The van der Waals surface area contributed by atoms with Crippen LogP contribution in [0.5, 0.6) is 0 Å². The monoisotopic (exact) mass is 340 g/mol. The molecule has 1 aromatic rings. The van der Waals surface area contributed by atoms with E-state index in [-0.39, 0.29) is 30.0 Å². The summed E-state index contributed by atoms with van der Waals surface area (Å²) in [6, 6.07) is 5.14. The lowest BCUT2D eigenvalue weighted by Gasteiger charge is -2.30. The van der Waals surface area contributed by atoms with Gasteiger partial charge in [0.25, 0.3) is 11.6 Å². The van der Waals surface area contributed by atoms with Crippen molar-refractivity contribution in [1.82, 2.24) is 4.90 Å². The number of nitro groups is 1. The molecule has 3 rings (SSSR count). The van der Waals surface area contributed by atoms with Crippen LogP contribution in [0.3, 0.4) is 0 Å². The lowest BCUT2D eigenvalue weighted by atomic mass is 10.0. The molecule has 7 nitrogen and oxygen atoms in total. The van der Waals surface area contributed by atoms with Gasteiger partial charge in [0.1, 0.15) is 5.69 Å². The van der Waals surface area contributed by atoms with Gasteiger partial charge < -0.3 is 16.0 Å². The Morgan fingerprint density at radius 3 is 2.48 bits per heavy atom. The molecule has 8 heteroatoms. The van der Waals surface area contributed by atoms with Crippen molar-refractivity contribution in [2.45, 2.75) is 37.8 Å². The van der Waals surface area contributed by atoms with Crippen LogP contribution in [-0.2, 0) is 0 Å². The molecule has 1 saturated heterocycles. The Kier molecular flexibility index (Phi) is 5.43. The molecule has 0 spiro atoms. The summed E-state index contributed by atoms with van der Waals surface area (Å²) in [5.74, 6) is -0.159. The number of anilines is 1. The Morgan fingerprint density at radius 2 is 1.91 bits per heavy atom. The molecule has 2 fully saturated rings. The van der Waals surface area contributed by atoms with Crippen LogP contribution in [0.15, 0.2) is 18.2 Å². The van der Waals surface area contributed by atoms with E-state index in [0.717, 1.165) is 25.7 Å². The van der Waals surface area contributed by atoms with E-state index in [2.05, 4.69) is 5.32 Å². The van der Waals surface area contributed by atoms with Crippen molar-refractivity contribution in [3.05, 3.63) is 33.9 Å². The van der Waals surface area contributed by atoms with Gasteiger partial charge >= 0.3 is 0 Å². The van der Waals surface area contributed by atoms with Gasteiger partial charge in [-0.3, -0.25) is 14.9 Å². The lowest BCUT2D eigenvalue weighted by molar-refractivity contribution is -0.384. The number of piperidine rings is 1. The molecule has 1 aliphatic carbocycles. The Morgan fingerprint density at radius 1 is 1.26 bits per heavy atom. The third kappa shape index (κ3) is 4.11. The minimum Gasteiger partial charge on any atom is -0.377 e. The van der Waals surface area contributed by atoms with Gasteiger partial charge in [0, 0.05) is 36.8 Å². The molecule has 0 aromatic heterocycles. The predicted molar refractivity (Wildman–Crippen MR) is 90.1 cm³/mol. The summed E-state index contributed by atoms with van der Waals surface area (Å²) < 4.78 is 0. The van der Waals surface area contributed by atoms with E-state index >= 15 is 0 Å². The van der Waals surface area contributed by atoms with Crippen molar-refractivity contribution < 1.29 is 9.72 Å². The van der Waals surface area contributed by atoms with E-state index in [0.29, 0.717) is 30.4 Å². The highest BCUT2D eigenvalue weighted by molar-refractivity contribution is 5.95. The Hall–Kier alpha value is -1.86. The van der Waals surface area contributed by atoms with Crippen LogP contribution in [0.25, 0.3) is 0 Å². The number of nitro benzene ring substituents is 1. The number of nitrogens with two attached hydrogens (primary N) is 1. The van der Waals surface area contributed by atoms with Gasteiger partial charge in [0.05, 0.1) is 4.92 Å². The molecule has 1 heterocycles. The average Bonchev–Trinajstić information content (AvgIpc) is 3.31. The van der Waals surface area contributed by atoms with Crippen LogP contribution in [0.4, 0.5) is 11.4 Å². The largest absolute Gasteiger partial charge is 0.377 e. The number of benzene rings is 1. The molecule has 126 valence electrons. The summed E-state index contributed by atoms with van der Waals surface area (Å²) in [5, 5.41) is 14.4. The summed E-state index contributed by atoms with van der Waals surface area (Å²) in [5.41, 5.74) is 6.66. The van der Waals surface area contributed by atoms with Crippen LogP contribution in [0.2, 0.25) is 0 Å². The first-order valence-corrected chi connectivity index (χ1v) is 7.64. The highest BCUT2D eigenvalue weighted by Gasteiger charge is 2.27. The molecule has 23 heavy (non-hydrogen) atoms. The SMILES string of the molecule is Cl.NC1CCN(C(=O)c2ccc(NC3CC3)c([N+](=O)[O-])c2)CC1. The minimum atomic E-state index is -0.437. The molecule has 3 N–H and O–H groups in total. The van der Waals surface area contributed by atoms with Crippen molar-refractivity contribution >= 4 is 29.7 Å². The van der Waals surface area contributed by atoms with Crippen LogP contribution >= 0.6 is 12.4 Å². The van der Waals surface area contributed by atoms with Crippen LogP contribution in [-0.4, -0.2) is 40.9 Å². The van der Waals surface area contributed by atoms with Gasteiger partial charge in [-0.25, -0.2) is 0 Å². The second-order valence-electron chi connectivity index (χ2n) is 6.04. The Bertz CT molecular complexity index is 598. The molecule has 1 aromatic carbocycles. The molecule has 0 atom stereocenters. The third-order valence-electron chi connectivity index (χ3n) is 4.21. The van der Waals surface area contributed by atoms with E-state index in [4.69, 9.17) is 5.73 Å². The van der Waals surface area contributed by atoms with Gasteiger partial charge in [-0.2, -0.15) is 0 Å². The Labute approximate surface area is 140 Å². The van der Waals surface area contributed by atoms with E-state index in [1.165, 1.54) is 6.07 Å². The zero-order valence-electron chi connectivity index (χ0n) is 12.7. The number of hydrogen-bond acceptors (Lipinski definition) is 5. The van der Waals surface area contributed by atoms with Gasteiger partial charge in [-0.05, 0) is 37.8 Å². The quantitative estimate of drug-likeness (QED) is 0.646. The maximum atomic E-state index is 12.5. The fourth-order valence-corrected chi connectivity index (χ4v) is 2.67. The van der Waals surface area contributed by atoms with Gasteiger partial charge in [0.2, 0.25) is 0 Å². The first kappa shape index (κ1) is 17.5. The van der Waals surface area contributed by atoms with Gasteiger partial charge in [0.15, 0.2) is 0 Å². The molecular formula is C15H21ClN4O3. The predicted octanol–water partition coefficient (Wildman–Crippen LogP) is 2.15. The second-order valence-corrected chi connectivity index (χ2v) is 6.04. The fraction of sp³-hybridized carbons (Fsp3) is 0.533. The van der Waals surface area contributed by atoms with Crippen molar-refractivity contribution in [3.8, 4) is 0 Å². The number of nitrogens with zero attached hydrogens (tertiary/aromatic N) is 2. The van der Waals surface area contributed by atoms with E-state index in [1.807, 2.05) is 0 Å². The van der Waals surface area contributed by atoms with Crippen molar-refractivity contribution in [3.63, 3.8) is 0 Å². The number of carbonyl (C=O) groups is 1. The first-order valence-electron chi connectivity index (χ1n) is 7.64. The average molecular weight is 341 g/mol. The van der Waals surface area contributed by atoms with E-state index in [1.54, 1.807) is 17.0 Å². The lowest BCUT2D eigenvalue weighted by Crippen LogP contribution is -2.42. The van der Waals surface area contributed by atoms with Gasteiger partial charge in [-0.15, -0.1) is 12.4 Å². The number of carbonyl (C=O) groups excluding carboxylic acids is 1. The molecular weight excluding hydrogens is 320 g/mol. The maximum Gasteiger partial charge on any atom is 0.293 e. The van der Waals surface area contributed by atoms with Crippen LogP contribution < -0.4 is 11.1 Å². The zero-order valence-corrected chi connectivity index (χ0v) is 13.6. The molecule has 0 bridgehead atoms. The Balaban J connectivity index is 0.00000192. The summed E-state index contributed by atoms with van der Waals surface area (Å²) in [6.45, 7) is 1.21. The standard InChI is InChI=1S/C15H20N4O3.ClH/c16-11-5-7-18(8-6-11)15(20)10-1-4-13(17-12-2-3-12)14(9-10)19(21)22;/h1,4,9,11-12,17H,2-3,5-8,16H2;1H. The summed E-state index contributed by atoms with van der Waals surface area (Å²) in [4.78, 5) is 25.0. The van der Waals surface area contributed by atoms with Crippen LogP contribution in [0.1, 0.15) is 36.0 Å². The fourth-order valence-electron chi connectivity index (χ4n) is 2.67. The molecule has 2 aliphatic rings. The van der Waals surface area contributed by atoms with Gasteiger partial charge in [-0.1, -0.05) is 0 Å². The number of hydrogen-bond donors (Lipinski definition) is 2. The van der Waals surface area contributed by atoms with Crippen molar-refractivity contribution in [2.24, 2.45) is 5.73 Å². The number of nitrogens with one attached hydrogen (secondary N) is 1. The summed E-state index contributed by atoms with van der Waals surface area (Å²) in [7, 11) is 0. The maximum absolute atomic E-state index is 12.5. The summed E-state index contributed by atoms with van der Waals surface area (Å²) in [6.07, 6.45) is 3.61. The normalized spacial score (nSPS) is 18.2. The molecule has 0 radical (unpaired) electrons. The first-order chi connectivity index (χ1) is 10.5.